The van der Waals surface area contributed by atoms with Crippen molar-refractivity contribution in [3.8, 4) is 10.6 Å². The fourth-order valence-corrected chi connectivity index (χ4v) is 4.14. The van der Waals surface area contributed by atoms with Gasteiger partial charge in [0.25, 0.3) is 0 Å². The second-order valence-corrected chi connectivity index (χ2v) is 8.90. The maximum Gasteiger partial charge on any atom is 0.328 e. The Hall–Kier alpha value is -1.92. The number of nitrogens with one attached hydrogen (secondary N) is 1. The van der Waals surface area contributed by atoms with Gasteiger partial charge < -0.3 is 10.4 Å². The third-order valence-electron chi connectivity index (χ3n) is 4.91. The van der Waals surface area contributed by atoms with Crippen molar-refractivity contribution < 1.29 is 14.7 Å². The van der Waals surface area contributed by atoms with Crippen molar-refractivity contribution in [3.63, 3.8) is 0 Å². The average Bonchev–Trinajstić information content (AvgIpc) is 2.98. The maximum atomic E-state index is 12.2. The van der Waals surface area contributed by atoms with Crippen LogP contribution in [0.4, 0.5) is 0 Å². The number of rotatable bonds is 7. The normalized spacial score (nSPS) is 14.6. The van der Waals surface area contributed by atoms with E-state index in [0.717, 1.165) is 22.0 Å². The van der Waals surface area contributed by atoms with Crippen molar-refractivity contribution in [1.82, 2.24) is 10.3 Å². The zero-order valence-electron chi connectivity index (χ0n) is 15.4. The van der Waals surface area contributed by atoms with Crippen LogP contribution < -0.4 is 5.32 Å². The molecule has 1 amide bonds. The summed E-state index contributed by atoms with van der Waals surface area (Å²) in [5, 5.41) is 15.1. The van der Waals surface area contributed by atoms with Crippen molar-refractivity contribution in [2.75, 3.05) is 0 Å². The largest absolute Gasteiger partial charge is 0.480 e. The SMILES string of the molecule is CC(C)(NC(=O)Cc1csc(-c2ccc(Cl)cc2CC2CCC2)n1)C(=O)O. The first-order valence-corrected chi connectivity index (χ1v) is 10.3. The van der Waals surface area contributed by atoms with E-state index in [0.29, 0.717) is 11.6 Å². The van der Waals surface area contributed by atoms with Crippen LogP contribution in [-0.2, 0) is 22.4 Å². The molecule has 1 saturated carbocycles. The van der Waals surface area contributed by atoms with Gasteiger partial charge in [-0.05, 0) is 43.9 Å². The lowest BCUT2D eigenvalue weighted by molar-refractivity contribution is -0.145. The summed E-state index contributed by atoms with van der Waals surface area (Å²) in [6.45, 7) is 2.92. The van der Waals surface area contributed by atoms with Crippen LogP contribution in [0.25, 0.3) is 10.6 Å². The number of thiazole rings is 1. The summed E-state index contributed by atoms with van der Waals surface area (Å²) in [4.78, 5) is 27.9. The van der Waals surface area contributed by atoms with Crippen molar-refractivity contribution in [3.05, 3.63) is 39.9 Å². The first-order chi connectivity index (χ1) is 12.7. The molecule has 1 aromatic carbocycles. The first kappa shape index (κ1) is 19.8. The van der Waals surface area contributed by atoms with E-state index in [1.165, 1.54) is 50.0 Å². The van der Waals surface area contributed by atoms with Crippen molar-refractivity contribution in [2.45, 2.75) is 51.5 Å². The van der Waals surface area contributed by atoms with Crippen molar-refractivity contribution >= 4 is 34.8 Å². The molecular formula is C20H23ClN2O3S. The highest BCUT2D eigenvalue weighted by Gasteiger charge is 2.29. The molecule has 0 atom stereocenters. The van der Waals surface area contributed by atoms with E-state index in [9.17, 15) is 9.59 Å². The number of aromatic nitrogens is 1. The second kappa shape index (κ2) is 7.98. The van der Waals surface area contributed by atoms with Gasteiger partial charge in [0.05, 0.1) is 12.1 Å². The number of carboxylic acid groups (broad SMARTS) is 1. The number of carboxylic acids is 1. The summed E-state index contributed by atoms with van der Waals surface area (Å²) in [7, 11) is 0. The van der Waals surface area contributed by atoms with E-state index < -0.39 is 11.5 Å². The molecule has 1 aliphatic rings. The predicted molar refractivity (Wildman–Crippen MR) is 107 cm³/mol. The number of aliphatic carboxylic acids is 1. The molecular weight excluding hydrogens is 384 g/mol. The van der Waals surface area contributed by atoms with Gasteiger partial charge in [0, 0.05) is 16.0 Å². The molecule has 1 aromatic heterocycles. The minimum atomic E-state index is -1.30. The predicted octanol–water partition coefficient (Wildman–Crippen LogP) is 4.33. The van der Waals surface area contributed by atoms with E-state index in [1.807, 2.05) is 23.6 Å². The van der Waals surface area contributed by atoms with Gasteiger partial charge in [-0.2, -0.15) is 0 Å². The smallest absolute Gasteiger partial charge is 0.328 e. The van der Waals surface area contributed by atoms with Crippen LogP contribution in [-0.4, -0.2) is 27.5 Å². The first-order valence-electron chi connectivity index (χ1n) is 9.02. The third-order valence-corrected chi connectivity index (χ3v) is 6.07. The summed E-state index contributed by atoms with van der Waals surface area (Å²) in [5.41, 5.74) is 1.60. The molecule has 2 aromatic rings. The van der Waals surface area contributed by atoms with Crippen molar-refractivity contribution in [1.29, 1.82) is 0 Å². The molecule has 3 rings (SSSR count). The molecule has 7 heteroatoms. The average molecular weight is 407 g/mol. The Morgan fingerprint density at radius 1 is 1.37 bits per heavy atom. The molecule has 0 unspecified atom stereocenters. The van der Waals surface area contributed by atoms with E-state index in [-0.39, 0.29) is 12.3 Å². The third kappa shape index (κ3) is 4.87. The van der Waals surface area contributed by atoms with Crippen LogP contribution in [0.15, 0.2) is 23.6 Å². The molecule has 1 heterocycles. The van der Waals surface area contributed by atoms with Gasteiger partial charge in [-0.3, -0.25) is 4.79 Å². The topological polar surface area (TPSA) is 79.3 Å². The lowest BCUT2D eigenvalue weighted by atomic mass is 9.80. The number of hydrogen-bond donors (Lipinski definition) is 2. The molecule has 0 bridgehead atoms. The van der Waals surface area contributed by atoms with Gasteiger partial charge >= 0.3 is 5.97 Å². The van der Waals surface area contributed by atoms with Crippen molar-refractivity contribution in [2.24, 2.45) is 5.92 Å². The van der Waals surface area contributed by atoms with E-state index >= 15 is 0 Å². The Kier molecular flexibility index (Phi) is 5.86. The molecule has 144 valence electrons. The lowest BCUT2D eigenvalue weighted by Crippen LogP contribution is -2.50. The van der Waals surface area contributed by atoms with Gasteiger partial charge in [0.15, 0.2) is 0 Å². The lowest BCUT2D eigenvalue weighted by Gasteiger charge is -2.26. The minimum Gasteiger partial charge on any atom is -0.480 e. The van der Waals surface area contributed by atoms with E-state index in [1.54, 1.807) is 0 Å². The Bertz CT molecular complexity index is 859. The van der Waals surface area contributed by atoms with Crippen LogP contribution in [0.2, 0.25) is 5.02 Å². The van der Waals surface area contributed by atoms with Crippen LogP contribution in [0.5, 0.6) is 0 Å². The van der Waals surface area contributed by atoms with Crippen LogP contribution in [0, 0.1) is 5.92 Å². The molecule has 0 radical (unpaired) electrons. The van der Waals surface area contributed by atoms with Gasteiger partial charge in [-0.25, -0.2) is 9.78 Å². The molecule has 1 fully saturated rings. The molecule has 0 spiro atoms. The molecule has 27 heavy (non-hydrogen) atoms. The van der Waals surface area contributed by atoms with E-state index in [2.05, 4.69) is 10.3 Å². The maximum absolute atomic E-state index is 12.2. The zero-order valence-corrected chi connectivity index (χ0v) is 17.0. The zero-order chi connectivity index (χ0) is 19.6. The standard InChI is InChI=1S/C20H23ClN2O3S/c1-20(2,19(25)26)23-17(24)10-15-11-27-18(22-15)16-7-6-14(21)9-13(16)8-12-4-3-5-12/h6-7,9,11-12H,3-5,8,10H2,1-2H3,(H,23,24)(H,25,26). The number of halogens is 1. The van der Waals surface area contributed by atoms with Crippen LogP contribution >= 0.6 is 22.9 Å². The Labute approximate surface area is 167 Å². The van der Waals surface area contributed by atoms with Crippen LogP contribution in [0.1, 0.15) is 44.4 Å². The summed E-state index contributed by atoms with van der Waals surface area (Å²) in [6.07, 6.45) is 4.86. The number of benzene rings is 1. The van der Waals surface area contributed by atoms with Gasteiger partial charge in [-0.1, -0.05) is 36.9 Å². The summed E-state index contributed by atoms with van der Waals surface area (Å²) in [5.74, 6) is -0.715. The quantitative estimate of drug-likeness (QED) is 0.717. The minimum absolute atomic E-state index is 0.0543. The molecule has 2 N–H and O–H groups in total. The van der Waals surface area contributed by atoms with Gasteiger partial charge in [-0.15, -0.1) is 11.3 Å². The van der Waals surface area contributed by atoms with Gasteiger partial charge in [0.2, 0.25) is 5.91 Å². The summed E-state index contributed by atoms with van der Waals surface area (Å²) in [6, 6.07) is 5.87. The number of carbonyl (C=O) groups excluding carboxylic acids is 1. The highest BCUT2D eigenvalue weighted by molar-refractivity contribution is 7.13. The Morgan fingerprint density at radius 3 is 2.74 bits per heavy atom. The monoisotopic (exact) mass is 406 g/mol. The second-order valence-electron chi connectivity index (χ2n) is 7.60. The summed E-state index contributed by atoms with van der Waals surface area (Å²) >= 11 is 7.68. The number of carbonyl (C=O) groups is 2. The summed E-state index contributed by atoms with van der Waals surface area (Å²) < 4.78 is 0. The molecule has 1 aliphatic carbocycles. The fourth-order valence-electron chi connectivity index (χ4n) is 3.07. The number of nitrogens with zero attached hydrogens (tertiary/aromatic N) is 1. The van der Waals surface area contributed by atoms with E-state index in [4.69, 9.17) is 16.7 Å². The molecule has 0 saturated heterocycles. The number of amides is 1. The number of hydrogen-bond acceptors (Lipinski definition) is 4. The Balaban J connectivity index is 1.74. The molecule has 0 aliphatic heterocycles. The Morgan fingerprint density at radius 2 is 2.11 bits per heavy atom. The molecule has 5 nitrogen and oxygen atoms in total. The van der Waals surface area contributed by atoms with Crippen LogP contribution in [0.3, 0.4) is 0 Å². The van der Waals surface area contributed by atoms with Gasteiger partial charge in [0.1, 0.15) is 10.5 Å². The fraction of sp³-hybridized carbons (Fsp3) is 0.450. The highest BCUT2D eigenvalue weighted by atomic mass is 35.5. The highest BCUT2D eigenvalue weighted by Crippen LogP contribution is 2.35.